The molecule has 129 valence electrons. The van der Waals surface area contributed by atoms with Crippen molar-refractivity contribution in [2.45, 2.75) is 71.1 Å². The van der Waals surface area contributed by atoms with E-state index in [1.165, 1.54) is 51.4 Å². The molecule has 0 heterocycles. The Morgan fingerprint density at radius 3 is 2.09 bits per heavy atom. The zero-order chi connectivity index (χ0) is 16.8. The second-order valence-corrected chi connectivity index (χ2v) is 5.96. The lowest BCUT2D eigenvalue weighted by Gasteiger charge is -2.06. The lowest BCUT2D eigenvalue weighted by molar-refractivity contribution is 0.0497. The smallest absolute Gasteiger partial charge is 0.338 e. The number of ether oxygens (including phenoxy) is 2. The SMILES string of the molecule is CCCCCCCCCCCCOC(=O)c1c[c]c(OC)cc1. The summed E-state index contributed by atoms with van der Waals surface area (Å²) < 4.78 is 10.3. The van der Waals surface area contributed by atoms with Gasteiger partial charge in [-0.15, -0.1) is 0 Å². The van der Waals surface area contributed by atoms with Crippen LogP contribution < -0.4 is 4.74 Å². The van der Waals surface area contributed by atoms with Crippen LogP contribution in [0.15, 0.2) is 18.2 Å². The van der Waals surface area contributed by atoms with Gasteiger partial charge in [-0.05, 0) is 24.6 Å². The molecule has 1 rings (SSSR count). The van der Waals surface area contributed by atoms with Gasteiger partial charge in [0.25, 0.3) is 0 Å². The molecule has 0 aliphatic heterocycles. The third kappa shape index (κ3) is 9.27. The normalized spacial score (nSPS) is 10.5. The molecule has 0 amide bonds. The summed E-state index contributed by atoms with van der Waals surface area (Å²) in [6, 6.07) is 7.92. The maximum Gasteiger partial charge on any atom is 0.338 e. The van der Waals surface area contributed by atoms with Gasteiger partial charge >= 0.3 is 5.97 Å². The van der Waals surface area contributed by atoms with Gasteiger partial charge in [0.2, 0.25) is 0 Å². The van der Waals surface area contributed by atoms with Gasteiger partial charge in [-0.2, -0.15) is 0 Å². The lowest BCUT2D eigenvalue weighted by Crippen LogP contribution is -2.06. The van der Waals surface area contributed by atoms with Crippen LogP contribution in [-0.4, -0.2) is 19.7 Å². The molecule has 0 unspecified atom stereocenters. The number of benzene rings is 1. The van der Waals surface area contributed by atoms with Crippen molar-refractivity contribution in [2.24, 2.45) is 0 Å². The molecule has 0 atom stereocenters. The van der Waals surface area contributed by atoms with Crippen molar-refractivity contribution in [1.29, 1.82) is 0 Å². The number of carbonyl (C=O) groups excluding carboxylic acids is 1. The van der Waals surface area contributed by atoms with E-state index < -0.39 is 0 Å². The Balaban J connectivity index is 1.97. The van der Waals surface area contributed by atoms with Crippen LogP contribution in [-0.2, 0) is 4.74 Å². The molecule has 0 saturated heterocycles. The first kappa shape index (κ1) is 19.5. The highest BCUT2D eigenvalue weighted by molar-refractivity contribution is 5.89. The Kier molecular flexibility index (Phi) is 11.0. The van der Waals surface area contributed by atoms with Crippen molar-refractivity contribution in [3.8, 4) is 5.75 Å². The molecule has 1 aromatic carbocycles. The van der Waals surface area contributed by atoms with E-state index in [0.29, 0.717) is 17.9 Å². The average Bonchev–Trinajstić information content (AvgIpc) is 2.59. The monoisotopic (exact) mass is 319 g/mol. The van der Waals surface area contributed by atoms with E-state index in [1.54, 1.807) is 25.3 Å². The van der Waals surface area contributed by atoms with Crippen molar-refractivity contribution in [3.05, 3.63) is 29.8 Å². The predicted molar refractivity (Wildman–Crippen MR) is 94.0 cm³/mol. The highest BCUT2D eigenvalue weighted by atomic mass is 16.5. The van der Waals surface area contributed by atoms with E-state index in [0.717, 1.165) is 12.8 Å². The van der Waals surface area contributed by atoms with Gasteiger partial charge in [-0.3, -0.25) is 0 Å². The van der Waals surface area contributed by atoms with Gasteiger partial charge < -0.3 is 9.47 Å². The van der Waals surface area contributed by atoms with E-state index in [9.17, 15) is 4.79 Å². The second kappa shape index (κ2) is 13.0. The molecule has 0 saturated carbocycles. The minimum atomic E-state index is -0.278. The number of esters is 1. The summed E-state index contributed by atoms with van der Waals surface area (Å²) in [7, 11) is 1.58. The van der Waals surface area contributed by atoms with Gasteiger partial charge in [0, 0.05) is 6.07 Å². The van der Waals surface area contributed by atoms with Crippen molar-refractivity contribution in [2.75, 3.05) is 13.7 Å². The third-order valence-corrected chi connectivity index (χ3v) is 3.97. The Hall–Kier alpha value is -1.51. The summed E-state index contributed by atoms with van der Waals surface area (Å²) in [5.74, 6) is 0.344. The summed E-state index contributed by atoms with van der Waals surface area (Å²) in [5, 5.41) is 0. The van der Waals surface area contributed by atoms with Crippen LogP contribution in [0.25, 0.3) is 0 Å². The molecule has 0 aliphatic rings. The summed E-state index contributed by atoms with van der Waals surface area (Å²) >= 11 is 0. The Morgan fingerprint density at radius 2 is 1.57 bits per heavy atom. The largest absolute Gasteiger partial charge is 0.496 e. The van der Waals surface area contributed by atoms with Crippen LogP contribution in [0.2, 0.25) is 0 Å². The van der Waals surface area contributed by atoms with Crippen LogP contribution in [0, 0.1) is 6.07 Å². The number of rotatable bonds is 13. The molecule has 0 N–H and O–H groups in total. The van der Waals surface area contributed by atoms with Gasteiger partial charge in [0.05, 0.1) is 19.3 Å². The molecular formula is C20H31O3. The van der Waals surface area contributed by atoms with E-state index in [-0.39, 0.29) is 5.97 Å². The molecule has 0 bridgehead atoms. The number of hydrogen-bond acceptors (Lipinski definition) is 3. The van der Waals surface area contributed by atoms with E-state index in [4.69, 9.17) is 9.47 Å². The maximum absolute atomic E-state index is 11.8. The van der Waals surface area contributed by atoms with Crippen LogP contribution in [0.3, 0.4) is 0 Å². The summed E-state index contributed by atoms with van der Waals surface area (Å²) in [5.41, 5.74) is 0.526. The zero-order valence-corrected chi connectivity index (χ0v) is 14.7. The standard InChI is InChI=1S/C20H31O3/c1-3-4-5-6-7-8-9-10-11-12-17-23-20(21)18-13-15-19(22-2)16-14-18/h13-15H,3-12,17H2,1-2H3. The van der Waals surface area contributed by atoms with E-state index in [1.807, 2.05) is 0 Å². The fourth-order valence-electron chi connectivity index (χ4n) is 2.50. The van der Waals surface area contributed by atoms with Crippen LogP contribution >= 0.6 is 0 Å². The molecule has 0 aromatic heterocycles. The lowest BCUT2D eigenvalue weighted by atomic mass is 10.1. The second-order valence-electron chi connectivity index (χ2n) is 5.96. The first-order chi connectivity index (χ1) is 11.3. The minimum absolute atomic E-state index is 0.278. The van der Waals surface area contributed by atoms with Gasteiger partial charge in [0.1, 0.15) is 5.75 Å². The molecule has 0 spiro atoms. The molecule has 1 aromatic rings. The molecule has 3 heteroatoms. The van der Waals surface area contributed by atoms with Crippen LogP contribution in [0.1, 0.15) is 81.5 Å². The first-order valence-electron chi connectivity index (χ1n) is 9.00. The fourth-order valence-corrected chi connectivity index (χ4v) is 2.50. The molecule has 0 fully saturated rings. The van der Waals surface area contributed by atoms with Crippen molar-refractivity contribution < 1.29 is 14.3 Å². The first-order valence-corrected chi connectivity index (χ1v) is 9.00. The van der Waals surface area contributed by atoms with Gasteiger partial charge in [-0.25, -0.2) is 4.79 Å². The minimum Gasteiger partial charge on any atom is -0.496 e. The van der Waals surface area contributed by atoms with Crippen molar-refractivity contribution in [3.63, 3.8) is 0 Å². The summed E-state index contributed by atoms with van der Waals surface area (Å²) in [6.45, 7) is 2.75. The zero-order valence-electron chi connectivity index (χ0n) is 14.7. The van der Waals surface area contributed by atoms with Crippen LogP contribution in [0.5, 0.6) is 5.75 Å². The quantitative estimate of drug-likeness (QED) is 0.352. The molecule has 3 nitrogen and oxygen atoms in total. The predicted octanol–water partition coefficient (Wildman–Crippen LogP) is 5.57. The Bertz CT molecular complexity index is 411. The summed E-state index contributed by atoms with van der Waals surface area (Å²) in [4.78, 5) is 11.8. The van der Waals surface area contributed by atoms with E-state index in [2.05, 4.69) is 13.0 Å². The number of hydrogen-bond donors (Lipinski definition) is 0. The highest BCUT2D eigenvalue weighted by Gasteiger charge is 2.06. The molecule has 23 heavy (non-hydrogen) atoms. The average molecular weight is 319 g/mol. The van der Waals surface area contributed by atoms with Gasteiger partial charge in [-0.1, -0.05) is 64.7 Å². The van der Waals surface area contributed by atoms with Crippen molar-refractivity contribution >= 4 is 5.97 Å². The number of unbranched alkanes of at least 4 members (excludes halogenated alkanes) is 9. The van der Waals surface area contributed by atoms with Crippen molar-refractivity contribution in [1.82, 2.24) is 0 Å². The fraction of sp³-hybridized carbons (Fsp3) is 0.650. The molecule has 1 radical (unpaired) electrons. The summed E-state index contributed by atoms with van der Waals surface area (Å²) in [6.07, 6.45) is 12.8. The topological polar surface area (TPSA) is 35.5 Å². The van der Waals surface area contributed by atoms with E-state index >= 15 is 0 Å². The Labute approximate surface area is 141 Å². The Morgan fingerprint density at radius 1 is 0.957 bits per heavy atom. The molecule has 0 aliphatic carbocycles. The number of carbonyl (C=O) groups is 1. The maximum atomic E-state index is 11.8. The third-order valence-electron chi connectivity index (χ3n) is 3.97. The molecular weight excluding hydrogens is 288 g/mol. The highest BCUT2D eigenvalue weighted by Crippen LogP contribution is 2.12. The van der Waals surface area contributed by atoms with Gasteiger partial charge in [0.15, 0.2) is 0 Å². The van der Waals surface area contributed by atoms with Crippen LogP contribution in [0.4, 0.5) is 0 Å². The number of methoxy groups -OCH3 is 1.